The van der Waals surface area contributed by atoms with E-state index in [0.29, 0.717) is 17.8 Å². The minimum atomic E-state index is -0.497. The molecule has 4 unspecified atom stereocenters. The lowest BCUT2D eigenvalue weighted by Crippen LogP contribution is -2.61. The summed E-state index contributed by atoms with van der Waals surface area (Å²) in [4.78, 5) is 26.4. The summed E-state index contributed by atoms with van der Waals surface area (Å²) < 4.78 is 21.3. The molecule has 0 spiro atoms. The third-order valence-corrected chi connectivity index (χ3v) is 6.48. The first kappa shape index (κ1) is 11.1. The summed E-state index contributed by atoms with van der Waals surface area (Å²) in [6.45, 7) is 0. The van der Waals surface area contributed by atoms with Crippen LogP contribution in [0.1, 0.15) is 34.1 Å². The molecule has 3 heterocycles. The van der Waals surface area contributed by atoms with Gasteiger partial charge in [-0.05, 0) is 25.0 Å². The second kappa shape index (κ2) is 3.74. The zero-order valence-corrected chi connectivity index (χ0v) is 13.0. The molecule has 120 valence electrons. The van der Waals surface area contributed by atoms with Gasteiger partial charge in [-0.1, -0.05) is 48.9 Å². The first-order valence-electron chi connectivity index (χ1n) is 9.44. The highest BCUT2D eigenvalue weighted by molar-refractivity contribution is 5.42. The minimum Gasteiger partial charge on any atom is -0.245 e. The molecule has 1 fully saturated rings. The van der Waals surface area contributed by atoms with Crippen molar-refractivity contribution >= 4 is 0 Å². The molecule has 2 aliphatic heterocycles. The first-order valence-corrected chi connectivity index (χ1v) is 8.44. The van der Waals surface area contributed by atoms with Gasteiger partial charge in [-0.2, -0.15) is 0 Å². The number of rotatable bonds is 1. The van der Waals surface area contributed by atoms with Gasteiger partial charge in [-0.25, -0.2) is 23.5 Å². The summed E-state index contributed by atoms with van der Waals surface area (Å²) >= 11 is 0. The van der Waals surface area contributed by atoms with Crippen LogP contribution < -0.4 is 11.4 Å². The predicted molar refractivity (Wildman–Crippen MR) is 89.4 cm³/mol. The Bertz CT molecular complexity index is 1090. The van der Waals surface area contributed by atoms with Crippen molar-refractivity contribution in [1.29, 1.82) is 0 Å². The molecule has 2 aromatic rings. The molecule has 0 N–H and O–H groups in total. The summed E-state index contributed by atoms with van der Waals surface area (Å²) in [6.07, 6.45) is 6.48. The summed E-state index contributed by atoms with van der Waals surface area (Å²) in [5.41, 5.74) is -1.16. The first-order chi connectivity index (χ1) is 12.6. The van der Waals surface area contributed by atoms with Crippen molar-refractivity contribution in [2.24, 2.45) is 10.8 Å². The molecule has 1 aromatic heterocycles. The second-order valence-electron chi connectivity index (χ2n) is 7.25. The van der Waals surface area contributed by atoms with Crippen molar-refractivity contribution in [2.75, 3.05) is 0 Å². The third-order valence-electron chi connectivity index (χ3n) is 6.48. The van der Waals surface area contributed by atoms with Crippen LogP contribution in [0.25, 0.3) is 5.69 Å². The Kier molecular flexibility index (Phi) is 1.73. The molecule has 0 saturated heterocycles. The molecule has 5 heteroatoms. The van der Waals surface area contributed by atoms with Gasteiger partial charge in [0.05, 0.1) is 20.5 Å². The van der Waals surface area contributed by atoms with Crippen molar-refractivity contribution < 1.29 is 2.74 Å². The van der Waals surface area contributed by atoms with Gasteiger partial charge < -0.3 is 0 Å². The molecule has 5 aliphatic rings. The third kappa shape index (κ3) is 1.07. The van der Waals surface area contributed by atoms with E-state index in [4.69, 9.17) is 2.74 Å². The highest BCUT2D eigenvalue weighted by Crippen LogP contribution is 2.74. The fraction of sp³-hybridized carbons (Fsp3) is 0.368. The molecule has 0 radical (unpaired) electrons. The van der Waals surface area contributed by atoms with Crippen LogP contribution in [0.2, 0.25) is 0 Å². The van der Waals surface area contributed by atoms with Crippen LogP contribution in [0.4, 0.5) is 0 Å². The SMILES string of the molecule is [2H]C1=C([2H])C23CCCC12C1C=CC3n2c(=O)n(-c3ccccc3)c(=O)n21. The lowest BCUT2D eigenvalue weighted by atomic mass is 9.48. The van der Waals surface area contributed by atoms with Gasteiger partial charge in [0.25, 0.3) is 0 Å². The molecular formula is C19H17N3O2. The molecule has 1 saturated carbocycles. The molecule has 1 aromatic carbocycles. The fourth-order valence-corrected chi connectivity index (χ4v) is 5.47. The van der Waals surface area contributed by atoms with Gasteiger partial charge in [-0.15, -0.1) is 0 Å². The van der Waals surface area contributed by atoms with Crippen molar-refractivity contribution in [1.82, 2.24) is 13.9 Å². The number of hydrogen-bond donors (Lipinski definition) is 0. The lowest BCUT2D eigenvalue weighted by Gasteiger charge is -2.62. The molecule has 7 rings (SSSR count). The van der Waals surface area contributed by atoms with Crippen LogP contribution in [0.5, 0.6) is 0 Å². The quantitative estimate of drug-likeness (QED) is 0.756. The molecule has 24 heavy (non-hydrogen) atoms. The van der Waals surface area contributed by atoms with E-state index in [2.05, 4.69) is 0 Å². The van der Waals surface area contributed by atoms with Crippen molar-refractivity contribution in [3.8, 4) is 5.69 Å². The van der Waals surface area contributed by atoms with E-state index in [1.165, 1.54) is 4.57 Å². The molecule has 5 nitrogen and oxygen atoms in total. The topological polar surface area (TPSA) is 48.9 Å². The van der Waals surface area contributed by atoms with E-state index >= 15 is 0 Å². The highest BCUT2D eigenvalue weighted by atomic mass is 16.2. The monoisotopic (exact) mass is 321 g/mol. The summed E-state index contributed by atoms with van der Waals surface area (Å²) in [5.74, 6) is 0. The Morgan fingerprint density at radius 3 is 2.00 bits per heavy atom. The second-order valence-corrected chi connectivity index (χ2v) is 7.25. The van der Waals surface area contributed by atoms with Gasteiger partial charge in [0.1, 0.15) is 0 Å². The number of aromatic nitrogens is 3. The predicted octanol–water partition coefficient (Wildman–Crippen LogP) is 2.19. The number of allylic oxidation sites excluding steroid dienone is 4. The van der Waals surface area contributed by atoms with E-state index < -0.39 is 10.8 Å². The molecule has 4 atom stereocenters. The lowest BCUT2D eigenvalue weighted by molar-refractivity contribution is -0.0229. The van der Waals surface area contributed by atoms with E-state index in [0.717, 1.165) is 19.3 Å². The van der Waals surface area contributed by atoms with Gasteiger partial charge in [-0.3, -0.25) is 0 Å². The van der Waals surface area contributed by atoms with Gasteiger partial charge in [0.15, 0.2) is 0 Å². The standard InChI is InChI=1S/C19H17N3O2/c23-16-20(13-5-2-1-3-6-13)17(24)22-15-8-7-14(21(16)22)18-9-4-10-19(15,18)12-11-18/h1-3,5-8,11-12,14-15H,4,9-10H2/i11D,12D. The van der Waals surface area contributed by atoms with Crippen LogP contribution in [-0.4, -0.2) is 13.9 Å². The van der Waals surface area contributed by atoms with Crippen molar-refractivity contribution in [3.63, 3.8) is 0 Å². The van der Waals surface area contributed by atoms with E-state index in [1.54, 1.807) is 33.6 Å². The maximum atomic E-state index is 13.2. The fourth-order valence-electron chi connectivity index (χ4n) is 5.47. The molecule has 3 aliphatic carbocycles. The Morgan fingerprint density at radius 2 is 1.46 bits per heavy atom. The zero-order chi connectivity index (χ0) is 17.8. The van der Waals surface area contributed by atoms with Gasteiger partial charge in [0, 0.05) is 10.8 Å². The highest BCUT2D eigenvalue weighted by Gasteiger charge is 2.69. The van der Waals surface area contributed by atoms with Crippen molar-refractivity contribution in [3.05, 3.63) is 75.6 Å². The smallest absolute Gasteiger partial charge is 0.245 e. The Hall–Kier alpha value is -2.56. The maximum absolute atomic E-state index is 13.2. The Morgan fingerprint density at radius 1 is 0.917 bits per heavy atom. The summed E-state index contributed by atoms with van der Waals surface area (Å²) in [7, 11) is 0. The van der Waals surface area contributed by atoms with E-state index in [9.17, 15) is 9.59 Å². The Balaban J connectivity index is 1.70. The van der Waals surface area contributed by atoms with Crippen LogP contribution >= 0.6 is 0 Å². The zero-order valence-electron chi connectivity index (χ0n) is 15.0. The van der Waals surface area contributed by atoms with Gasteiger partial charge in [0.2, 0.25) is 0 Å². The molecule has 2 bridgehead atoms. The number of para-hydroxylation sites is 1. The van der Waals surface area contributed by atoms with Crippen LogP contribution in [0, 0.1) is 10.8 Å². The summed E-state index contributed by atoms with van der Waals surface area (Å²) in [6, 6.07) is 8.94. The average molecular weight is 321 g/mol. The van der Waals surface area contributed by atoms with E-state index in [-0.39, 0.29) is 23.5 Å². The molecule has 0 amide bonds. The van der Waals surface area contributed by atoms with Crippen molar-refractivity contribution in [2.45, 2.75) is 31.3 Å². The number of hydrogen-bond acceptors (Lipinski definition) is 2. The molecular weight excluding hydrogens is 302 g/mol. The van der Waals surface area contributed by atoms with Gasteiger partial charge >= 0.3 is 11.4 Å². The summed E-state index contributed by atoms with van der Waals surface area (Å²) in [5, 5.41) is 0. The normalized spacial score (nSPS) is 39.0. The van der Waals surface area contributed by atoms with Crippen LogP contribution in [-0.2, 0) is 0 Å². The number of nitrogens with zero attached hydrogens (tertiary/aromatic N) is 3. The van der Waals surface area contributed by atoms with E-state index in [1.807, 2.05) is 18.2 Å². The Labute approximate surface area is 140 Å². The largest absolute Gasteiger partial charge is 0.352 e. The minimum absolute atomic E-state index is 0.354. The van der Waals surface area contributed by atoms with Crippen LogP contribution in [0.3, 0.4) is 0 Å². The number of benzene rings is 1. The maximum Gasteiger partial charge on any atom is 0.352 e. The van der Waals surface area contributed by atoms with Crippen LogP contribution in [0.15, 0.2) is 64.2 Å². The average Bonchev–Trinajstić information content (AvgIpc) is 3.20.